The molecular formula is C19H21NO5S. The largest absolute Gasteiger partial charge is 0.486 e. The zero-order valence-electron chi connectivity index (χ0n) is 14.7. The minimum absolute atomic E-state index is 0.0377. The Morgan fingerprint density at radius 1 is 1.12 bits per heavy atom. The summed E-state index contributed by atoms with van der Waals surface area (Å²) in [5.41, 5.74) is 1.16. The van der Waals surface area contributed by atoms with Gasteiger partial charge in [-0.1, -0.05) is 24.3 Å². The van der Waals surface area contributed by atoms with Crippen molar-refractivity contribution in [3.63, 3.8) is 0 Å². The molecule has 0 spiro atoms. The Kier molecular flexibility index (Phi) is 5.18. The fraction of sp³-hybridized carbons (Fsp3) is 0.316. The van der Waals surface area contributed by atoms with E-state index >= 15 is 0 Å². The van der Waals surface area contributed by atoms with Gasteiger partial charge in [-0.15, -0.1) is 0 Å². The van der Waals surface area contributed by atoms with Gasteiger partial charge in [-0.3, -0.25) is 4.79 Å². The standard InChI is InChI=1S/C19H21NO5S/c1-20(11-16-12-24-17-5-3-4-6-18(17)25-16)19(21)15-9-7-14(8-10-15)13-26(2,22)23/h3-10,16H,11-13H2,1-2H3. The fourth-order valence-electron chi connectivity index (χ4n) is 2.81. The zero-order valence-corrected chi connectivity index (χ0v) is 15.5. The number of hydrogen-bond acceptors (Lipinski definition) is 5. The van der Waals surface area contributed by atoms with Gasteiger partial charge in [0.2, 0.25) is 0 Å². The highest BCUT2D eigenvalue weighted by Gasteiger charge is 2.24. The van der Waals surface area contributed by atoms with Gasteiger partial charge in [0.15, 0.2) is 27.4 Å². The van der Waals surface area contributed by atoms with Crippen molar-refractivity contribution in [1.82, 2.24) is 4.90 Å². The smallest absolute Gasteiger partial charge is 0.253 e. The van der Waals surface area contributed by atoms with Gasteiger partial charge >= 0.3 is 0 Å². The van der Waals surface area contributed by atoms with Gasteiger partial charge in [0.1, 0.15) is 6.61 Å². The van der Waals surface area contributed by atoms with E-state index in [1.165, 1.54) is 6.26 Å². The van der Waals surface area contributed by atoms with E-state index in [4.69, 9.17) is 9.47 Å². The summed E-state index contributed by atoms with van der Waals surface area (Å²) in [6.45, 7) is 0.764. The predicted molar refractivity (Wildman–Crippen MR) is 98.3 cm³/mol. The third-order valence-corrected chi connectivity index (χ3v) is 4.88. The third kappa shape index (κ3) is 4.54. The molecule has 1 amide bonds. The van der Waals surface area contributed by atoms with Crippen molar-refractivity contribution in [2.24, 2.45) is 0 Å². The van der Waals surface area contributed by atoms with Gasteiger partial charge < -0.3 is 14.4 Å². The highest BCUT2D eigenvalue weighted by atomic mass is 32.2. The monoisotopic (exact) mass is 375 g/mol. The summed E-state index contributed by atoms with van der Waals surface area (Å²) in [5, 5.41) is 0. The van der Waals surface area contributed by atoms with Gasteiger partial charge in [0.25, 0.3) is 5.91 Å². The first-order valence-electron chi connectivity index (χ1n) is 8.22. The fourth-order valence-corrected chi connectivity index (χ4v) is 3.61. The SMILES string of the molecule is CN(CC1COc2ccccc2O1)C(=O)c1ccc(CS(C)(=O)=O)cc1. The lowest BCUT2D eigenvalue weighted by Gasteiger charge is -2.29. The molecule has 2 aromatic carbocycles. The van der Waals surface area contributed by atoms with Crippen LogP contribution in [0.3, 0.4) is 0 Å². The highest BCUT2D eigenvalue weighted by Crippen LogP contribution is 2.31. The van der Waals surface area contributed by atoms with Crippen LogP contribution in [0.15, 0.2) is 48.5 Å². The number of amides is 1. The van der Waals surface area contributed by atoms with Crippen LogP contribution in [0.25, 0.3) is 0 Å². The average molecular weight is 375 g/mol. The quantitative estimate of drug-likeness (QED) is 0.801. The lowest BCUT2D eigenvalue weighted by Crippen LogP contribution is -2.41. The van der Waals surface area contributed by atoms with E-state index in [0.29, 0.717) is 35.8 Å². The molecule has 0 fully saturated rings. The summed E-state index contributed by atoms with van der Waals surface area (Å²) in [4.78, 5) is 14.1. The molecule has 6 nitrogen and oxygen atoms in total. The summed E-state index contributed by atoms with van der Waals surface area (Å²) in [7, 11) is -1.39. The number of fused-ring (bicyclic) bond motifs is 1. The molecule has 0 aromatic heterocycles. The Morgan fingerprint density at radius 3 is 2.42 bits per heavy atom. The second-order valence-electron chi connectivity index (χ2n) is 6.45. The summed E-state index contributed by atoms with van der Waals surface area (Å²) in [6.07, 6.45) is 0.938. The maximum absolute atomic E-state index is 12.6. The van der Waals surface area contributed by atoms with E-state index in [2.05, 4.69) is 0 Å². The molecule has 1 unspecified atom stereocenters. The number of benzene rings is 2. The van der Waals surface area contributed by atoms with E-state index in [0.717, 1.165) is 0 Å². The van der Waals surface area contributed by atoms with Crippen molar-refractivity contribution in [1.29, 1.82) is 0 Å². The number of rotatable bonds is 5. The molecule has 1 heterocycles. The molecule has 0 saturated carbocycles. The van der Waals surface area contributed by atoms with Crippen LogP contribution in [0.5, 0.6) is 11.5 Å². The van der Waals surface area contributed by atoms with Crippen molar-refractivity contribution in [2.45, 2.75) is 11.9 Å². The first-order chi connectivity index (χ1) is 12.3. The molecule has 1 atom stereocenters. The second kappa shape index (κ2) is 7.37. The molecule has 7 heteroatoms. The van der Waals surface area contributed by atoms with E-state index < -0.39 is 9.84 Å². The van der Waals surface area contributed by atoms with E-state index in [1.807, 2.05) is 24.3 Å². The molecule has 26 heavy (non-hydrogen) atoms. The Morgan fingerprint density at radius 2 is 1.77 bits per heavy atom. The average Bonchev–Trinajstić information content (AvgIpc) is 2.60. The molecule has 0 aliphatic carbocycles. The van der Waals surface area contributed by atoms with Crippen molar-refractivity contribution in [2.75, 3.05) is 26.5 Å². The zero-order chi connectivity index (χ0) is 18.7. The van der Waals surface area contributed by atoms with Crippen LogP contribution >= 0.6 is 0 Å². The first kappa shape index (κ1) is 18.3. The third-order valence-electron chi connectivity index (χ3n) is 4.02. The predicted octanol–water partition coefficient (Wildman–Crippen LogP) is 2.14. The number of sulfone groups is 1. The maximum Gasteiger partial charge on any atom is 0.253 e. The van der Waals surface area contributed by atoms with Gasteiger partial charge in [-0.2, -0.15) is 0 Å². The lowest BCUT2D eigenvalue weighted by atomic mass is 10.1. The number of carbonyl (C=O) groups excluding carboxylic acids is 1. The molecule has 1 aliphatic heterocycles. The number of hydrogen-bond donors (Lipinski definition) is 0. The molecule has 0 N–H and O–H groups in total. The Hall–Kier alpha value is -2.54. The summed E-state index contributed by atoms with van der Waals surface area (Å²) in [6, 6.07) is 14.1. The van der Waals surface area contributed by atoms with Crippen molar-refractivity contribution >= 4 is 15.7 Å². The molecule has 0 bridgehead atoms. The van der Waals surface area contributed by atoms with Gasteiger partial charge in [0, 0.05) is 18.9 Å². The number of nitrogens with zero attached hydrogens (tertiary/aromatic N) is 1. The minimum atomic E-state index is -3.10. The normalized spacial score (nSPS) is 16.2. The van der Waals surface area contributed by atoms with Crippen molar-refractivity contribution < 1.29 is 22.7 Å². The molecular weight excluding hydrogens is 354 g/mol. The van der Waals surface area contributed by atoms with Crippen LogP contribution in [-0.4, -0.2) is 51.8 Å². The van der Waals surface area contributed by atoms with E-state index in [-0.39, 0.29) is 17.8 Å². The Labute approximate surface area is 153 Å². The maximum atomic E-state index is 12.6. The topological polar surface area (TPSA) is 72.9 Å². The number of para-hydroxylation sites is 2. The van der Waals surface area contributed by atoms with Crippen LogP contribution in [0.4, 0.5) is 0 Å². The van der Waals surface area contributed by atoms with Gasteiger partial charge in [0.05, 0.1) is 12.3 Å². The molecule has 3 rings (SSSR count). The van der Waals surface area contributed by atoms with E-state index in [9.17, 15) is 13.2 Å². The second-order valence-corrected chi connectivity index (χ2v) is 8.59. The number of ether oxygens (including phenoxy) is 2. The highest BCUT2D eigenvalue weighted by molar-refractivity contribution is 7.89. The summed E-state index contributed by atoms with van der Waals surface area (Å²) in [5.74, 6) is 1.19. The molecule has 1 aliphatic rings. The van der Waals surface area contributed by atoms with Crippen LogP contribution < -0.4 is 9.47 Å². The number of carbonyl (C=O) groups is 1. The Balaban J connectivity index is 1.61. The van der Waals surface area contributed by atoms with Gasteiger partial charge in [-0.25, -0.2) is 8.42 Å². The van der Waals surface area contributed by atoms with Crippen molar-refractivity contribution in [3.05, 3.63) is 59.7 Å². The summed E-state index contributed by atoms with van der Waals surface area (Å²) >= 11 is 0. The minimum Gasteiger partial charge on any atom is -0.486 e. The Bertz CT molecular complexity index is 892. The van der Waals surface area contributed by atoms with Crippen LogP contribution in [-0.2, 0) is 15.6 Å². The lowest BCUT2D eigenvalue weighted by molar-refractivity contribution is 0.0521. The van der Waals surface area contributed by atoms with Crippen LogP contribution in [0, 0.1) is 0 Å². The molecule has 0 saturated heterocycles. The van der Waals surface area contributed by atoms with E-state index in [1.54, 1.807) is 36.2 Å². The molecule has 0 radical (unpaired) electrons. The van der Waals surface area contributed by atoms with Crippen LogP contribution in [0.1, 0.15) is 15.9 Å². The van der Waals surface area contributed by atoms with Crippen LogP contribution in [0.2, 0.25) is 0 Å². The molecule has 138 valence electrons. The number of likely N-dealkylation sites (N-methyl/N-ethyl adjacent to an activating group) is 1. The van der Waals surface area contributed by atoms with Gasteiger partial charge in [-0.05, 0) is 29.8 Å². The summed E-state index contributed by atoms with van der Waals surface area (Å²) < 4.78 is 34.2. The van der Waals surface area contributed by atoms with Crippen molar-refractivity contribution in [3.8, 4) is 11.5 Å². The molecule has 2 aromatic rings. The first-order valence-corrected chi connectivity index (χ1v) is 10.3.